The van der Waals surface area contributed by atoms with Crippen LogP contribution >= 0.6 is 31.9 Å². The van der Waals surface area contributed by atoms with Crippen LogP contribution in [0.5, 0.6) is 0 Å². The van der Waals surface area contributed by atoms with Gasteiger partial charge >= 0.3 is 5.63 Å². The largest absolute Gasteiger partial charge is 0.421 e. The third-order valence-corrected chi connectivity index (χ3v) is 8.18. The number of halogens is 2. The van der Waals surface area contributed by atoms with E-state index in [1.54, 1.807) is 35.2 Å². The van der Waals surface area contributed by atoms with E-state index >= 15 is 0 Å². The van der Waals surface area contributed by atoms with Crippen LogP contribution in [0.4, 0.5) is 0 Å². The zero-order valence-electron chi connectivity index (χ0n) is 20.1. The summed E-state index contributed by atoms with van der Waals surface area (Å²) in [4.78, 5) is 57.1. The van der Waals surface area contributed by atoms with Crippen LogP contribution in [0, 0.1) is 0 Å². The molecule has 0 atom stereocenters. The first-order valence-electron chi connectivity index (χ1n) is 12.1. The van der Waals surface area contributed by atoms with Crippen molar-refractivity contribution in [2.45, 2.75) is 0 Å². The Kier molecular flexibility index (Phi) is 6.41. The number of piperazine rings is 1. The molecular weight excluding hydrogens is 618 g/mol. The van der Waals surface area contributed by atoms with Gasteiger partial charge in [-0.2, -0.15) is 0 Å². The number of fused-ring (bicyclic) bond motifs is 1. The number of amides is 3. The molecule has 3 aromatic carbocycles. The predicted octanol–water partition coefficient (Wildman–Crippen LogP) is 4.53. The van der Waals surface area contributed by atoms with Crippen LogP contribution in [-0.2, 0) is 0 Å². The minimum Gasteiger partial charge on any atom is -0.421 e. The van der Waals surface area contributed by atoms with Crippen LogP contribution in [0.3, 0.4) is 0 Å². The van der Waals surface area contributed by atoms with Crippen molar-refractivity contribution in [1.29, 1.82) is 0 Å². The van der Waals surface area contributed by atoms with E-state index in [1.165, 1.54) is 4.90 Å². The monoisotopic (exact) mass is 637 g/mol. The molecule has 0 saturated carbocycles. The summed E-state index contributed by atoms with van der Waals surface area (Å²) in [6, 6.07) is 16.1. The van der Waals surface area contributed by atoms with Crippen molar-refractivity contribution >= 4 is 71.3 Å². The van der Waals surface area contributed by atoms with E-state index in [0.29, 0.717) is 64.7 Å². The van der Waals surface area contributed by atoms with Crippen LogP contribution in [0.2, 0.25) is 0 Å². The van der Waals surface area contributed by atoms with E-state index in [2.05, 4.69) is 36.8 Å². The number of carbonyl (C=O) groups excluding carboxylic acids is 3. The maximum Gasteiger partial charge on any atom is 0.349 e. The van der Waals surface area contributed by atoms with Crippen molar-refractivity contribution in [3.63, 3.8) is 0 Å². The van der Waals surface area contributed by atoms with Crippen LogP contribution in [0.1, 0.15) is 31.1 Å². The fourth-order valence-corrected chi connectivity index (χ4v) is 6.52. The molecule has 0 unspecified atom stereocenters. The van der Waals surface area contributed by atoms with E-state index < -0.39 is 5.63 Å². The highest BCUT2D eigenvalue weighted by Crippen LogP contribution is 2.30. The highest BCUT2D eigenvalue weighted by atomic mass is 79.9. The summed E-state index contributed by atoms with van der Waals surface area (Å²) in [5, 5.41) is 2.23. The Labute approximate surface area is 234 Å². The Balaban J connectivity index is 1.12. The predicted molar refractivity (Wildman–Crippen MR) is 150 cm³/mol. The number of rotatable bonds is 4. The second-order valence-corrected chi connectivity index (χ2v) is 11.1. The summed E-state index contributed by atoms with van der Waals surface area (Å²) >= 11 is 6.80. The third-order valence-electron chi connectivity index (χ3n) is 7.14. The lowest BCUT2D eigenvalue weighted by Gasteiger charge is -2.36. The Morgan fingerprint density at radius 3 is 2.13 bits per heavy atom. The Morgan fingerprint density at radius 1 is 0.816 bits per heavy atom. The normalized spacial score (nSPS) is 16.1. The summed E-state index contributed by atoms with van der Waals surface area (Å²) in [6.07, 6.45) is 0. The van der Waals surface area contributed by atoms with E-state index in [0.717, 1.165) is 9.86 Å². The number of benzene rings is 3. The minimum atomic E-state index is -0.676. The van der Waals surface area contributed by atoms with Gasteiger partial charge in [-0.3, -0.25) is 24.2 Å². The number of nitrogens with zero attached hydrogens (tertiary/aromatic N) is 3. The topological polar surface area (TPSA) is 91.1 Å². The Bertz CT molecular complexity index is 1660. The highest BCUT2D eigenvalue weighted by Gasteiger charge is 2.33. The van der Waals surface area contributed by atoms with Crippen molar-refractivity contribution in [2.75, 3.05) is 39.3 Å². The quantitative estimate of drug-likeness (QED) is 0.241. The Morgan fingerprint density at radius 2 is 1.47 bits per heavy atom. The fraction of sp³-hybridized carbons (Fsp3) is 0.214. The van der Waals surface area contributed by atoms with Gasteiger partial charge < -0.3 is 9.32 Å². The molecule has 1 fully saturated rings. The van der Waals surface area contributed by atoms with Crippen molar-refractivity contribution < 1.29 is 18.8 Å². The molecule has 3 amide bonds. The third kappa shape index (κ3) is 4.26. The molecule has 6 rings (SSSR count). The standard InChI is InChI=1S/C28H21Br2N3O5/c29-18-13-17-14-21(28(37)38-24(17)22(30)15-18)25(34)32-10-7-31(8-11-32)9-12-33-26(35)19-5-1-3-16-4-2-6-20(23(16)19)27(33)36/h1-6,13-15H,7-12H2. The van der Waals surface area contributed by atoms with Crippen LogP contribution in [0.25, 0.3) is 21.7 Å². The maximum atomic E-state index is 13.2. The van der Waals surface area contributed by atoms with Crippen LogP contribution in [-0.4, -0.2) is 71.7 Å². The van der Waals surface area contributed by atoms with E-state index in [1.807, 2.05) is 24.3 Å². The SMILES string of the molecule is O=C(c1cc2cc(Br)cc(Br)c2oc1=O)N1CCN(CCN2C(=O)c3cccc4cccc(c34)C2=O)CC1. The molecule has 0 radical (unpaired) electrons. The van der Waals surface area contributed by atoms with Crippen molar-refractivity contribution in [2.24, 2.45) is 0 Å². The van der Waals surface area contributed by atoms with Gasteiger partial charge in [0.2, 0.25) is 0 Å². The molecular formula is C28H21Br2N3O5. The molecule has 2 aliphatic rings. The molecule has 1 aromatic heterocycles. The maximum absolute atomic E-state index is 13.2. The van der Waals surface area contributed by atoms with Gasteiger partial charge in [-0.05, 0) is 51.6 Å². The molecule has 0 bridgehead atoms. The second-order valence-electron chi connectivity index (χ2n) is 9.36. The Hall–Kier alpha value is -3.34. The summed E-state index contributed by atoms with van der Waals surface area (Å²) < 4.78 is 6.85. The average molecular weight is 639 g/mol. The molecule has 2 aliphatic heterocycles. The minimum absolute atomic E-state index is 0.00620. The van der Waals surface area contributed by atoms with Crippen molar-refractivity contribution in [3.8, 4) is 0 Å². The fourth-order valence-electron chi connectivity index (χ4n) is 5.18. The molecule has 0 N–H and O–H groups in total. The van der Waals surface area contributed by atoms with Gasteiger partial charge in [0, 0.05) is 65.6 Å². The zero-order valence-corrected chi connectivity index (χ0v) is 23.2. The highest BCUT2D eigenvalue weighted by molar-refractivity contribution is 9.11. The van der Waals surface area contributed by atoms with Gasteiger partial charge in [-0.15, -0.1) is 0 Å². The van der Waals surface area contributed by atoms with Gasteiger partial charge in [0.1, 0.15) is 5.56 Å². The lowest BCUT2D eigenvalue weighted by atomic mass is 9.94. The summed E-state index contributed by atoms with van der Waals surface area (Å²) in [6.45, 7) is 2.71. The number of carbonyl (C=O) groups is 3. The average Bonchev–Trinajstić information content (AvgIpc) is 2.91. The van der Waals surface area contributed by atoms with Gasteiger partial charge in [0.05, 0.1) is 4.47 Å². The van der Waals surface area contributed by atoms with E-state index in [4.69, 9.17) is 4.42 Å². The lowest BCUT2D eigenvalue weighted by Crippen LogP contribution is -2.52. The first kappa shape index (κ1) is 25.0. The van der Waals surface area contributed by atoms with Crippen molar-refractivity contribution in [3.05, 3.63) is 90.7 Å². The van der Waals surface area contributed by atoms with Crippen LogP contribution < -0.4 is 5.63 Å². The molecule has 10 heteroatoms. The molecule has 8 nitrogen and oxygen atoms in total. The van der Waals surface area contributed by atoms with E-state index in [-0.39, 0.29) is 29.8 Å². The second kappa shape index (κ2) is 9.76. The van der Waals surface area contributed by atoms with Gasteiger partial charge in [0.15, 0.2) is 5.58 Å². The first-order valence-corrected chi connectivity index (χ1v) is 13.7. The molecule has 1 saturated heterocycles. The molecule has 3 heterocycles. The van der Waals surface area contributed by atoms with Gasteiger partial charge in [0.25, 0.3) is 17.7 Å². The van der Waals surface area contributed by atoms with Crippen LogP contribution in [0.15, 0.2) is 72.8 Å². The van der Waals surface area contributed by atoms with E-state index in [9.17, 15) is 19.2 Å². The first-order chi connectivity index (χ1) is 18.3. The van der Waals surface area contributed by atoms with Gasteiger partial charge in [-0.1, -0.05) is 40.2 Å². The van der Waals surface area contributed by atoms with Crippen molar-refractivity contribution in [1.82, 2.24) is 14.7 Å². The molecule has 0 aliphatic carbocycles. The molecule has 4 aromatic rings. The smallest absolute Gasteiger partial charge is 0.349 e. The summed E-state index contributed by atoms with van der Waals surface area (Å²) in [5.41, 5.74) is 0.793. The molecule has 192 valence electrons. The number of hydrogen-bond acceptors (Lipinski definition) is 6. The molecule has 0 spiro atoms. The lowest BCUT2D eigenvalue weighted by molar-refractivity contribution is 0.0549. The number of hydrogen-bond donors (Lipinski definition) is 0. The molecule has 38 heavy (non-hydrogen) atoms. The number of imide groups is 1. The summed E-state index contributed by atoms with van der Waals surface area (Å²) in [5.74, 6) is -0.939. The summed E-state index contributed by atoms with van der Waals surface area (Å²) in [7, 11) is 0. The zero-order chi connectivity index (χ0) is 26.6. The van der Waals surface area contributed by atoms with Gasteiger partial charge in [-0.25, -0.2) is 4.79 Å².